The first-order valence-corrected chi connectivity index (χ1v) is 6.08. The fraction of sp³-hybridized carbons (Fsp3) is 0.455. The number of nitrogens with zero attached hydrogens (tertiary/aromatic N) is 1. The Morgan fingerprint density at radius 1 is 1.56 bits per heavy atom. The smallest absolute Gasteiger partial charge is 0.328 e. The highest BCUT2D eigenvalue weighted by atomic mass is 32.1. The van der Waals surface area contributed by atoms with Gasteiger partial charge in [0.15, 0.2) is 0 Å². The second-order valence-corrected chi connectivity index (χ2v) is 4.56. The average Bonchev–Trinajstić information content (AvgIpc) is 2.76. The summed E-state index contributed by atoms with van der Waals surface area (Å²) in [5, 5.41) is 11.5. The molecule has 0 aromatic carbocycles. The lowest BCUT2D eigenvalue weighted by atomic mass is 10.0. The third-order valence-electron chi connectivity index (χ3n) is 2.51. The number of carbonyl (C=O) groups is 1. The van der Waals surface area contributed by atoms with Crippen LogP contribution in [0.25, 0.3) is 6.08 Å². The number of aromatic nitrogens is 1. The number of carboxylic acid groups (broad SMARTS) is 1. The molecule has 0 saturated carbocycles. The van der Waals surface area contributed by atoms with Crippen molar-refractivity contribution in [1.82, 2.24) is 4.98 Å². The van der Waals surface area contributed by atoms with Gasteiger partial charge in [-0.1, -0.05) is 0 Å². The Labute approximate surface area is 97.6 Å². The Kier molecular flexibility index (Phi) is 3.69. The lowest BCUT2D eigenvalue weighted by Crippen LogP contribution is -2.13. The quantitative estimate of drug-likeness (QED) is 0.821. The molecule has 1 saturated heterocycles. The van der Waals surface area contributed by atoms with Gasteiger partial charge >= 0.3 is 5.97 Å². The first kappa shape index (κ1) is 11.3. The summed E-state index contributed by atoms with van der Waals surface area (Å²) >= 11 is 1.60. The van der Waals surface area contributed by atoms with Gasteiger partial charge in [0.1, 0.15) is 0 Å². The van der Waals surface area contributed by atoms with Crippen LogP contribution in [0.4, 0.5) is 0 Å². The minimum absolute atomic E-state index is 0.478. The number of ether oxygens (including phenoxy) is 1. The van der Waals surface area contributed by atoms with Crippen molar-refractivity contribution in [3.8, 4) is 0 Å². The standard InChI is InChI=1S/C11H13NO3S/c13-10(14)2-1-9-7-16-11(12-9)8-3-5-15-6-4-8/h1-2,7-8H,3-6H2,(H,13,14)/b2-1+. The summed E-state index contributed by atoms with van der Waals surface area (Å²) in [5.41, 5.74) is 0.730. The fourth-order valence-corrected chi connectivity index (χ4v) is 2.62. The second kappa shape index (κ2) is 5.23. The van der Waals surface area contributed by atoms with E-state index in [4.69, 9.17) is 9.84 Å². The predicted molar refractivity (Wildman–Crippen MR) is 61.6 cm³/mol. The maximum atomic E-state index is 10.4. The van der Waals surface area contributed by atoms with Crippen molar-refractivity contribution in [3.63, 3.8) is 0 Å². The van der Waals surface area contributed by atoms with E-state index >= 15 is 0 Å². The Morgan fingerprint density at radius 3 is 3.00 bits per heavy atom. The lowest BCUT2D eigenvalue weighted by Gasteiger charge is -2.19. The molecule has 1 N–H and O–H groups in total. The van der Waals surface area contributed by atoms with Crippen molar-refractivity contribution in [2.24, 2.45) is 0 Å². The topological polar surface area (TPSA) is 59.4 Å². The molecule has 4 nitrogen and oxygen atoms in total. The normalized spacial score (nSPS) is 18.0. The van der Waals surface area contributed by atoms with Gasteiger partial charge in [0, 0.05) is 30.6 Å². The summed E-state index contributed by atoms with van der Waals surface area (Å²) in [6, 6.07) is 0. The summed E-state index contributed by atoms with van der Waals surface area (Å²) in [6.45, 7) is 1.59. The van der Waals surface area contributed by atoms with Crippen molar-refractivity contribution < 1.29 is 14.6 Å². The fourth-order valence-electron chi connectivity index (χ4n) is 1.67. The van der Waals surface area contributed by atoms with Gasteiger partial charge in [-0.25, -0.2) is 9.78 Å². The zero-order valence-electron chi connectivity index (χ0n) is 8.76. The van der Waals surface area contributed by atoms with E-state index < -0.39 is 5.97 Å². The van der Waals surface area contributed by atoms with Crippen LogP contribution >= 0.6 is 11.3 Å². The van der Waals surface area contributed by atoms with E-state index in [0.29, 0.717) is 5.92 Å². The maximum absolute atomic E-state index is 10.4. The largest absolute Gasteiger partial charge is 0.478 e. The van der Waals surface area contributed by atoms with Crippen LogP contribution in [0.1, 0.15) is 29.5 Å². The molecule has 1 aromatic heterocycles. The first-order valence-electron chi connectivity index (χ1n) is 5.20. The third-order valence-corrected chi connectivity index (χ3v) is 3.53. The number of aliphatic carboxylic acids is 1. The molecule has 2 heterocycles. The Morgan fingerprint density at radius 2 is 2.31 bits per heavy atom. The van der Waals surface area contributed by atoms with E-state index in [1.165, 1.54) is 6.08 Å². The summed E-state index contributed by atoms with van der Waals surface area (Å²) < 4.78 is 5.29. The Hall–Kier alpha value is -1.20. The first-order chi connectivity index (χ1) is 7.75. The highest BCUT2D eigenvalue weighted by molar-refractivity contribution is 7.09. The third kappa shape index (κ3) is 2.90. The van der Waals surface area contributed by atoms with Crippen LogP contribution in [-0.4, -0.2) is 29.3 Å². The van der Waals surface area contributed by atoms with Crippen molar-refractivity contribution >= 4 is 23.4 Å². The van der Waals surface area contributed by atoms with Crippen LogP contribution < -0.4 is 0 Å². The molecule has 1 aliphatic heterocycles. The summed E-state index contributed by atoms with van der Waals surface area (Å²) in [5.74, 6) is -0.466. The lowest BCUT2D eigenvalue weighted by molar-refractivity contribution is -0.131. The van der Waals surface area contributed by atoms with Crippen molar-refractivity contribution in [1.29, 1.82) is 0 Å². The zero-order valence-corrected chi connectivity index (χ0v) is 9.57. The number of carboxylic acids is 1. The Balaban J connectivity index is 2.03. The Bertz CT molecular complexity index is 394. The number of hydrogen-bond donors (Lipinski definition) is 1. The minimum atomic E-state index is -0.944. The average molecular weight is 239 g/mol. The molecule has 1 aliphatic rings. The predicted octanol–water partition coefficient (Wildman–Crippen LogP) is 2.13. The summed E-state index contributed by atoms with van der Waals surface area (Å²) in [6.07, 6.45) is 4.66. The van der Waals surface area contributed by atoms with Crippen LogP contribution in [0, 0.1) is 0 Å². The SMILES string of the molecule is O=C(O)/C=C/c1csc(C2CCOCC2)n1. The van der Waals surface area contributed by atoms with E-state index in [2.05, 4.69) is 4.98 Å². The van der Waals surface area contributed by atoms with Crippen LogP contribution in [0.3, 0.4) is 0 Å². The van der Waals surface area contributed by atoms with Crippen LogP contribution in [0.2, 0.25) is 0 Å². The molecule has 1 aromatic rings. The van der Waals surface area contributed by atoms with E-state index in [1.54, 1.807) is 11.3 Å². The van der Waals surface area contributed by atoms with E-state index in [0.717, 1.165) is 42.8 Å². The molecular weight excluding hydrogens is 226 g/mol. The molecule has 0 atom stereocenters. The molecular formula is C11H13NO3S. The van der Waals surface area contributed by atoms with Gasteiger partial charge in [-0.05, 0) is 18.9 Å². The molecule has 0 unspecified atom stereocenters. The molecule has 16 heavy (non-hydrogen) atoms. The summed E-state index contributed by atoms with van der Waals surface area (Å²) in [4.78, 5) is 14.8. The highest BCUT2D eigenvalue weighted by Crippen LogP contribution is 2.29. The van der Waals surface area contributed by atoms with Crippen molar-refractivity contribution in [2.45, 2.75) is 18.8 Å². The number of hydrogen-bond acceptors (Lipinski definition) is 4. The summed E-state index contributed by atoms with van der Waals surface area (Å²) in [7, 11) is 0. The van der Waals surface area contributed by atoms with Gasteiger partial charge < -0.3 is 9.84 Å². The van der Waals surface area contributed by atoms with Crippen molar-refractivity contribution in [3.05, 3.63) is 22.2 Å². The maximum Gasteiger partial charge on any atom is 0.328 e. The molecule has 0 radical (unpaired) electrons. The molecule has 2 rings (SSSR count). The minimum Gasteiger partial charge on any atom is -0.478 e. The number of rotatable bonds is 3. The van der Waals surface area contributed by atoms with Gasteiger partial charge in [-0.3, -0.25) is 0 Å². The molecule has 0 aliphatic carbocycles. The molecule has 0 spiro atoms. The van der Waals surface area contributed by atoms with Gasteiger partial charge in [-0.2, -0.15) is 0 Å². The van der Waals surface area contributed by atoms with Crippen LogP contribution in [-0.2, 0) is 9.53 Å². The van der Waals surface area contributed by atoms with Gasteiger partial charge in [0.2, 0.25) is 0 Å². The van der Waals surface area contributed by atoms with E-state index in [1.807, 2.05) is 5.38 Å². The molecule has 1 fully saturated rings. The zero-order chi connectivity index (χ0) is 11.4. The molecule has 0 bridgehead atoms. The second-order valence-electron chi connectivity index (χ2n) is 3.67. The van der Waals surface area contributed by atoms with Crippen LogP contribution in [0.5, 0.6) is 0 Å². The molecule has 0 amide bonds. The van der Waals surface area contributed by atoms with Gasteiger partial charge in [0.25, 0.3) is 0 Å². The molecule has 86 valence electrons. The van der Waals surface area contributed by atoms with Gasteiger partial charge in [-0.15, -0.1) is 11.3 Å². The van der Waals surface area contributed by atoms with Gasteiger partial charge in [0.05, 0.1) is 10.7 Å². The highest BCUT2D eigenvalue weighted by Gasteiger charge is 2.18. The van der Waals surface area contributed by atoms with Crippen LogP contribution in [0.15, 0.2) is 11.5 Å². The molecule has 5 heteroatoms. The van der Waals surface area contributed by atoms with E-state index in [-0.39, 0.29) is 0 Å². The monoisotopic (exact) mass is 239 g/mol. The number of thiazole rings is 1. The van der Waals surface area contributed by atoms with Crippen molar-refractivity contribution in [2.75, 3.05) is 13.2 Å². The van der Waals surface area contributed by atoms with E-state index in [9.17, 15) is 4.79 Å².